The molecule has 1 unspecified atom stereocenters. The highest BCUT2D eigenvalue weighted by Crippen LogP contribution is 2.34. The van der Waals surface area contributed by atoms with Gasteiger partial charge >= 0.3 is 0 Å². The number of halogens is 1. The highest BCUT2D eigenvalue weighted by atomic mass is 19.1. The lowest BCUT2D eigenvalue weighted by molar-refractivity contribution is -0.117. The number of Topliss-reactive ketones (excluding diaryl/α,β-unsaturated/α-hetero) is 1. The van der Waals surface area contributed by atoms with E-state index in [-0.39, 0.29) is 11.6 Å². The number of nitrogens with two attached hydrogens (primary N) is 1. The quantitative estimate of drug-likeness (QED) is 0.738. The van der Waals surface area contributed by atoms with E-state index in [1.54, 1.807) is 12.1 Å². The molecule has 2 nitrogen and oxygen atoms in total. The predicted octanol–water partition coefficient (Wildman–Crippen LogP) is 1.73. The number of benzene rings is 1. The summed E-state index contributed by atoms with van der Waals surface area (Å²) in [7, 11) is 0. The van der Waals surface area contributed by atoms with Crippen molar-refractivity contribution in [1.29, 1.82) is 0 Å². The fraction of sp³-hybridized carbons (Fsp3) is 0.364. The summed E-state index contributed by atoms with van der Waals surface area (Å²) in [6.45, 7) is 0. The van der Waals surface area contributed by atoms with Gasteiger partial charge in [0.1, 0.15) is 11.6 Å². The lowest BCUT2D eigenvalue weighted by atomic mass is 9.89. The van der Waals surface area contributed by atoms with E-state index in [9.17, 15) is 9.18 Å². The van der Waals surface area contributed by atoms with Crippen LogP contribution in [0.4, 0.5) is 4.39 Å². The van der Waals surface area contributed by atoms with Gasteiger partial charge in [-0.15, -0.1) is 0 Å². The number of carbonyl (C=O) groups excluding carboxylic acids is 1. The summed E-state index contributed by atoms with van der Waals surface area (Å²) < 4.78 is 12.7. The molecular formula is C11H12FNO. The Labute approximate surface area is 81.9 Å². The minimum atomic E-state index is -0.565. The number of carbonyl (C=O) groups is 1. The van der Waals surface area contributed by atoms with Gasteiger partial charge in [0.05, 0.1) is 0 Å². The summed E-state index contributed by atoms with van der Waals surface area (Å²) >= 11 is 0. The molecule has 2 rings (SSSR count). The summed E-state index contributed by atoms with van der Waals surface area (Å²) in [6, 6.07) is 6.08. The Bertz CT molecular complexity index is 360. The van der Waals surface area contributed by atoms with Crippen LogP contribution in [0.3, 0.4) is 0 Å². The van der Waals surface area contributed by atoms with Crippen LogP contribution >= 0.6 is 0 Å². The Kier molecular flexibility index (Phi) is 2.11. The Hall–Kier alpha value is -1.22. The van der Waals surface area contributed by atoms with E-state index in [4.69, 9.17) is 5.73 Å². The molecule has 0 heterocycles. The standard InChI is InChI=1S/C11H12FNO/c12-9-3-1-8(2-4-9)11(13)6-5-10(14)7-11/h1-4H,5-7,13H2. The van der Waals surface area contributed by atoms with Gasteiger partial charge in [0.15, 0.2) is 0 Å². The first-order valence-corrected chi connectivity index (χ1v) is 4.67. The molecule has 0 saturated heterocycles. The second-order valence-electron chi connectivity index (χ2n) is 3.88. The van der Waals surface area contributed by atoms with E-state index < -0.39 is 5.54 Å². The van der Waals surface area contributed by atoms with Crippen LogP contribution in [0.25, 0.3) is 0 Å². The Balaban J connectivity index is 2.30. The SMILES string of the molecule is NC1(c2ccc(F)cc2)CCC(=O)C1. The van der Waals surface area contributed by atoms with Crippen molar-refractivity contribution < 1.29 is 9.18 Å². The Morgan fingerprint density at radius 2 is 1.93 bits per heavy atom. The Morgan fingerprint density at radius 3 is 2.43 bits per heavy atom. The minimum absolute atomic E-state index is 0.192. The van der Waals surface area contributed by atoms with Gasteiger partial charge in [-0.05, 0) is 24.1 Å². The number of hydrogen-bond donors (Lipinski definition) is 1. The van der Waals surface area contributed by atoms with E-state index in [0.29, 0.717) is 19.3 Å². The Morgan fingerprint density at radius 1 is 1.29 bits per heavy atom. The molecule has 0 spiro atoms. The fourth-order valence-electron chi connectivity index (χ4n) is 1.92. The largest absolute Gasteiger partial charge is 0.321 e. The zero-order chi connectivity index (χ0) is 10.2. The zero-order valence-corrected chi connectivity index (χ0v) is 7.79. The van der Waals surface area contributed by atoms with Gasteiger partial charge in [-0.25, -0.2) is 4.39 Å². The molecule has 0 radical (unpaired) electrons. The molecule has 1 atom stereocenters. The molecule has 74 valence electrons. The van der Waals surface area contributed by atoms with Crippen LogP contribution in [-0.4, -0.2) is 5.78 Å². The summed E-state index contributed by atoms with van der Waals surface area (Å²) in [4.78, 5) is 11.1. The summed E-state index contributed by atoms with van der Waals surface area (Å²) in [5.74, 6) is -0.0847. The van der Waals surface area contributed by atoms with Crippen molar-refractivity contribution in [1.82, 2.24) is 0 Å². The molecule has 3 heteroatoms. The van der Waals surface area contributed by atoms with E-state index in [1.807, 2.05) is 0 Å². The van der Waals surface area contributed by atoms with Crippen LogP contribution in [0, 0.1) is 5.82 Å². The maximum atomic E-state index is 12.7. The van der Waals surface area contributed by atoms with E-state index in [2.05, 4.69) is 0 Å². The molecule has 1 aliphatic rings. The topological polar surface area (TPSA) is 43.1 Å². The van der Waals surface area contributed by atoms with Crippen LogP contribution in [0.15, 0.2) is 24.3 Å². The van der Waals surface area contributed by atoms with Gasteiger partial charge < -0.3 is 5.73 Å². The lowest BCUT2D eigenvalue weighted by Gasteiger charge is -2.22. The highest BCUT2D eigenvalue weighted by molar-refractivity contribution is 5.82. The molecule has 1 aliphatic carbocycles. The molecule has 0 amide bonds. The van der Waals surface area contributed by atoms with E-state index in [1.165, 1.54) is 12.1 Å². The molecule has 2 N–H and O–H groups in total. The maximum absolute atomic E-state index is 12.7. The van der Waals surface area contributed by atoms with Gasteiger partial charge in [0, 0.05) is 18.4 Å². The van der Waals surface area contributed by atoms with Gasteiger partial charge in [0.2, 0.25) is 0 Å². The fourth-order valence-corrected chi connectivity index (χ4v) is 1.92. The third kappa shape index (κ3) is 1.55. The van der Waals surface area contributed by atoms with Gasteiger partial charge in [-0.1, -0.05) is 12.1 Å². The van der Waals surface area contributed by atoms with Crippen LogP contribution in [0.1, 0.15) is 24.8 Å². The first kappa shape index (κ1) is 9.34. The third-order valence-electron chi connectivity index (χ3n) is 2.78. The van der Waals surface area contributed by atoms with Crippen molar-refractivity contribution in [3.8, 4) is 0 Å². The molecular weight excluding hydrogens is 181 g/mol. The van der Waals surface area contributed by atoms with Gasteiger partial charge in [-0.3, -0.25) is 4.79 Å². The third-order valence-corrected chi connectivity index (χ3v) is 2.78. The van der Waals surface area contributed by atoms with Crippen LogP contribution in [0.2, 0.25) is 0 Å². The van der Waals surface area contributed by atoms with Crippen molar-refractivity contribution in [3.63, 3.8) is 0 Å². The van der Waals surface area contributed by atoms with Crippen molar-refractivity contribution in [2.45, 2.75) is 24.8 Å². The molecule has 1 aromatic carbocycles. The smallest absolute Gasteiger partial charge is 0.135 e. The maximum Gasteiger partial charge on any atom is 0.135 e. The second kappa shape index (κ2) is 3.17. The van der Waals surface area contributed by atoms with E-state index in [0.717, 1.165) is 5.56 Å². The van der Waals surface area contributed by atoms with Crippen LogP contribution in [0.5, 0.6) is 0 Å². The predicted molar refractivity (Wildman–Crippen MR) is 51.1 cm³/mol. The highest BCUT2D eigenvalue weighted by Gasteiger charge is 2.35. The second-order valence-corrected chi connectivity index (χ2v) is 3.88. The number of rotatable bonds is 1. The summed E-state index contributed by atoms with van der Waals surface area (Å²) in [5.41, 5.74) is 6.36. The van der Waals surface area contributed by atoms with E-state index >= 15 is 0 Å². The van der Waals surface area contributed by atoms with Crippen LogP contribution < -0.4 is 5.73 Å². The molecule has 0 aromatic heterocycles. The molecule has 1 fully saturated rings. The van der Waals surface area contributed by atoms with Crippen LogP contribution in [-0.2, 0) is 10.3 Å². The first-order chi connectivity index (χ1) is 6.60. The molecule has 0 aliphatic heterocycles. The first-order valence-electron chi connectivity index (χ1n) is 4.67. The van der Waals surface area contributed by atoms with Gasteiger partial charge in [-0.2, -0.15) is 0 Å². The minimum Gasteiger partial charge on any atom is -0.321 e. The lowest BCUT2D eigenvalue weighted by Crippen LogP contribution is -2.33. The summed E-state index contributed by atoms with van der Waals surface area (Å²) in [6.07, 6.45) is 1.57. The van der Waals surface area contributed by atoms with Gasteiger partial charge in [0.25, 0.3) is 0 Å². The average molecular weight is 193 g/mol. The van der Waals surface area contributed by atoms with Crippen molar-refractivity contribution in [2.75, 3.05) is 0 Å². The summed E-state index contributed by atoms with van der Waals surface area (Å²) in [5, 5.41) is 0. The molecule has 1 aromatic rings. The zero-order valence-electron chi connectivity index (χ0n) is 7.79. The van der Waals surface area contributed by atoms with Crippen molar-refractivity contribution >= 4 is 5.78 Å². The normalized spacial score (nSPS) is 26.9. The molecule has 0 bridgehead atoms. The average Bonchev–Trinajstić information content (AvgIpc) is 2.48. The van der Waals surface area contributed by atoms with Crippen molar-refractivity contribution in [3.05, 3.63) is 35.6 Å². The molecule has 14 heavy (non-hydrogen) atoms. The molecule has 1 saturated carbocycles. The number of ketones is 1. The number of hydrogen-bond acceptors (Lipinski definition) is 2. The van der Waals surface area contributed by atoms with Crippen molar-refractivity contribution in [2.24, 2.45) is 5.73 Å². The monoisotopic (exact) mass is 193 g/mol.